The maximum atomic E-state index is 14.8. The van der Waals surface area contributed by atoms with Crippen LogP contribution in [-0.4, -0.2) is 27.8 Å². The van der Waals surface area contributed by atoms with Crippen molar-refractivity contribution in [1.29, 1.82) is 0 Å². The van der Waals surface area contributed by atoms with Crippen molar-refractivity contribution in [3.05, 3.63) is 70.8 Å². The van der Waals surface area contributed by atoms with Gasteiger partial charge < -0.3 is 10.2 Å². The van der Waals surface area contributed by atoms with Crippen molar-refractivity contribution in [3.63, 3.8) is 0 Å². The molecule has 5 fully saturated rings. The van der Waals surface area contributed by atoms with Crippen LogP contribution in [-0.2, 0) is 35.2 Å². The Morgan fingerprint density at radius 2 is 1.43 bits per heavy atom. The van der Waals surface area contributed by atoms with Crippen LogP contribution >= 0.6 is 0 Å². The molecule has 0 radical (unpaired) electrons. The predicted octanol–water partition coefficient (Wildman–Crippen LogP) is 7.09. The second kappa shape index (κ2) is 10.1. The van der Waals surface area contributed by atoms with Crippen LogP contribution in [0.1, 0.15) is 87.0 Å². The molecule has 1 N–H and O–H groups in total. The zero-order valence-electron chi connectivity index (χ0n) is 24.4. The summed E-state index contributed by atoms with van der Waals surface area (Å²) in [6.45, 7) is 1.63. The topological polar surface area (TPSA) is 49.4 Å². The normalized spacial score (nSPS) is 34.8. The summed E-state index contributed by atoms with van der Waals surface area (Å²) in [5, 5.41) is 3.62. The number of halogens is 3. The van der Waals surface area contributed by atoms with Gasteiger partial charge in [0.1, 0.15) is 5.54 Å². The molecule has 3 atom stereocenters. The van der Waals surface area contributed by atoms with E-state index in [2.05, 4.69) is 29.6 Å². The highest BCUT2D eigenvalue weighted by Gasteiger charge is 2.56. The smallest absolute Gasteiger partial charge is 0.349 e. The van der Waals surface area contributed by atoms with Gasteiger partial charge in [0.15, 0.2) is 0 Å². The monoisotopic (exact) mass is 578 g/mol. The Morgan fingerprint density at radius 1 is 0.857 bits per heavy atom. The van der Waals surface area contributed by atoms with E-state index in [0.29, 0.717) is 42.1 Å². The van der Waals surface area contributed by atoms with Crippen LogP contribution in [0.15, 0.2) is 48.5 Å². The third kappa shape index (κ3) is 4.94. The van der Waals surface area contributed by atoms with Crippen molar-refractivity contribution < 1.29 is 22.8 Å². The van der Waals surface area contributed by atoms with E-state index in [-0.39, 0.29) is 29.8 Å². The van der Waals surface area contributed by atoms with Crippen LogP contribution in [0.5, 0.6) is 0 Å². The highest BCUT2D eigenvalue weighted by molar-refractivity contribution is 5.91. The largest absolute Gasteiger partial charge is 0.416 e. The van der Waals surface area contributed by atoms with Crippen molar-refractivity contribution in [2.45, 2.75) is 101 Å². The molecule has 7 heteroatoms. The average Bonchev–Trinajstić information content (AvgIpc) is 2.93. The summed E-state index contributed by atoms with van der Waals surface area (Å²) >= 11 is 0. The van der Waals surface area contributed by atoms with Crippen LogP contribution in [0.2, 0.25) is 0 Å². The number of hydrogen-bond acceptors (Lipinski definition) is 2. The maximum absolute atomic E-state index is 14.8. The second-order valence-electron chi connectivity index (χ2n) is 14.4. The molecule has 8 rings (SSSR count). The second-order valence-corrected chi connectivity index (χ2v) is 14.4. The van der Waals surface area contributed by atoms with E-state index >= 15 is 0 Å². The van der Waals surface area contributed by atoms with E-state index in [9.17, 15) is 22.8 Å². The van der Waals surface area contributed by atoms with Crippen LogP contribution in [0, 0.1) is 29.6 Å². The number of fused-ring (bicyclic) bond motifs is 2. The lowest BCUT2D eigenvalue weighted by molar-refractivity contribution is -0.156. The third-order valence-electron chi connectivity index (χ3n) is 11.6. The molecule has 0 aliphatic heterocycles. The number of hydrogen-bond donors (Lipinski definition) is 1. The van der Waals surface area contributed by atoms with Gasteiger partial charge in [0.05, 0.1) is 5.56 Å². The summed E-state index contributed by atoms with van der Waals surface area (Å²) in [6.07, 6.45) is 6.38. The lowest BCUT2D eigenvalue weighted by Crippen LogP contribution is -2.68. The van der Waals surface area contributed by atoms with Gasteiger partial charge in [0.2, 0.25) is 11.8 Å². The first-order valence-corrected chi connectivity index (χ1v) is 15.9. The first kappa shape index (κ1) is 28.0. The van der Waals surface area contributed by atoms with E-state index in [1.165, 1.54) is 49.4 Å². The lowest BCUT2D eigenvalue weighted by Gasteiger charge is -2.58. The lowest BCUT2D eigenvalue weighted by atomic mass is 9.52. The van der Waals surface area contributed by atoms with Gasteiger partial charge in [-0.15, -0.1) is 0 Å². The van der Waals surface area contributed by atoms with Crippen LogP contribution in [0.3, 0.4) is 0 Å². The molecule has 0 unspecified atom stereocenters. The molecule has 4 bridgehead atoms. The minimum Gasteiger partial charge on any atom is -0.349 e. The summed E-state index contributed by atoms with van der Waals surface area (Å²) in [5.74, 6) is 2.51. The molecule has 42 heavy (non-hydrogen) atoms. The van der Waals surface area contributed by atoms with Crippen LogP contribution < -0.4 is 5.32 Å². The van der Waals surface area contributed by atoms with Gasteiger partial charge in [0, 0.05) is 19.0 Å². The molecule has 224 valence electrons. The van der Waals surface area contributed by atoms with Gasteiger partial charge in [-0.25, -0.2) is 0 Å². The van der Waals surface area contributed by atoms with Crippen molar-refractivity contribution in [1.82, 2.24) is 10.2 Å². The molecular weight excluding hydrogens is 537 g/mol. The molecule has 5 saturated carbocycles. The van der Waals surface area contributed by atoms with Crippen LogP contribution in [0.25, 0.3) is 0 Å². The fraction of sp³-hybridized carbons (Fsp3) is 0.600. The quantitative estimate of drug-likeness (QED) is 0.412. The fourth-order valence-electron chi connectivity index (χ4n) is 10.1. The van der Waals surface area contributed by atoms with E-state index in [1.54, 1.807) is 4.90 Å². The van der Waals surface area contributed by atoms with Gasteiger partial charge in [-0.05, 0) is 129 Å². The van der Waals surface area contributed by atoms with E-state index in [4.69, 9.17) is 0 Å². The summed E-state index contributed by atoms with van der Waals surface area (Å²) in [4.78, 5) is 30.0. The number of nitrogens with zero attached hydrogens (tertiary/aromatic N) is 1. The van der Waals surface area contributed by atoms with E-state index in [1.807, 2.05) is 0 Å². The van der Waals surface area contributed by atoms with Crippen molar-refractivity contribution >= 4 is 11.8 Å². The standard InChI is InChI=1S/C35H41F3N2O2/c1-22(41)40(21-23-6-8-31(9-7-23)35(36,37)38)34(11-10-29-15-27-4-2-3-5-28(27)16-30(29)20-34)32(42)39-33-17-24-12-25(18-33)14-26(13-24)19-33/h2-9,24-26,29-30H,10-21H2,1H3,(H,39,42)/t24?,25?,26?,29-,30-,33?,34-/m1/s1. The minimum atomic E-state index is -4.42. The first-order chi connectivity index (χ1) is 20.0. The molecule has 2 aromatic carbocycles. The fourth-order valence-corrected chi connectivity index (χ4v) is 10.1. The molecule has 6 aliphatic rings. The number of rotatable bonds is 5. The Hall–Kier alpha value is -2.83. The third-order valence-corrected chi connectivity index (χ3v) is 11.6. The van der Waals surface area contributed by atoms with E-state index < -0.39 is 17.3 Å². The van der Waals surface area contributed by atoms with Gasteiger partial charge in [-0.1, -0.05) is 36.4 Å². The number of alkyl halides is 3. The maximum Gasteiger partial charge on any atom is 0.416 e. The molecule has 0 spiro atoms. The van der Waals surface area contributed by atoms with Gasteiger partial charge in [0.25, 0.3) is 0 Å². The SMILES string of the molecule is CC(=O)N(Cc1ccc(C(F)(F)F)cc1)[C@]1(C(=O)NC23CC4CC(CC(C4)C2)C3)CC[C@@H]2Cc3ccccc3C[C@@H]2C1. The highest BCUT2D eigenvalue weighted by Crippen LogP contribution is 2.56. The Bertz CT molecular complexity index is 1330. The van der Waals surface area contributed by atoms with Gasteiger partial charge >= 0.3 is 6.18 Å². The summed E-state index contributed by atoms with van der Waals surface area (Å²) in [5.41, 5.74) is 1.40. The molecule has 4 nitrogen and oxygen atoms in total. The van der Waals surface area contributed by atoms with Crippen molar-refractivity contribution in [3.8, 4) is 0 Å². The summed E-state index contributed by atoms with van der Waals surface area (Å²) in [7, 11) is 0. The Kier molecular flexibility index (Phi) is 6.74. The molecule has 0 heterocycles. The van der Waals surface area contributed by atoms with Gasteiger partial charge in [-0.3, -0.25) is 9.59 Å². The molecule has 2 amide bonds. The van der Waals surface area contributed by atoms with Gasteiger partial charge in [-0.2, -0.15) is 13.2 Å². The minimum absolute atomic E-state index is 0.0381. The van der Waals surface area contributed by atoms with Crippen molar-refractivity contribution in [2.75, 3.05) is 0 Å². The summed E-state index contributed by atoms with van der Waals surface area (Å²) in [6, 6.07) is 13.6. The zero-order valence-corrected chi connectivity index (χ0v) is 24.4. The molecule has 6 aliphatic carbocycles. The number of nitrogens with one attached hydrogen (secondary N) is 1. The Labute approximate surface area is 246 Å². The molecular formula is C35H41F3N2O2. The zero-order chi connectivity index (χ0) is 29.3. The molecule has 0 saturated heterocycles. The Balaban J connectivity index is 1.22. The average molecular weight is 579 g/mol. The first-order valence-electron chi connectivity index (χ1n) is 15.9. The number of carbonyl (C=O) groups excluding carboxylic acids is 2. The predicted molar refractivity (Wildman–Crippen MR) is 154 cm³/mol. The number of amides is 2. The number of carbonyl (C=O) groups is 2. The summed E-state index contributed by atoms with van der Waals surface area (Å²) < 4.78 is 39.8. The van der Waals surface area contributed by atoms with E-state index in [0.717, 1.165) is 50.7 Å². The van der Waals surface area contributed by atoms with Crippen LogP contribution in [0.4, 0.5) is 13.2 Å². The highest BCUT2D eigenvalue weighted by atomic mass is 19.4. The molecule has 2 aromatic rings. The number of benzene rings is 2. The Morgan fingerprint density at radius 3 is 1.98 bits per heavy atom. The van der Waals surface area contributed by atoms with Crippen molar-refractivity contribution in [2.24, 2.45) is 29.6 Å². The molecule has 0 aromatic heterocycles.